The van der Waals surface area contributed by atoms with Crippen LogP contribution in [0.25, 0.3) is 0 Å². The van der Waals surface area contributed by atoms with Gasteiger partial charge in [0.2, 0.25) is 5.91 Å². The van der Waals surface area contributed by atoms with Crippen LogP contribution in [0, 0.1) is 5.41 Å². The second-order valence-corrected chi connectivity index (χ2v) is 3.77. The van der Waals surface area contributed by atoms with Gasteiger partial charge >= 0.3 is 0 Å². The molecule has 0 saturated heterocycles. The predicted molar refractivity (Wildman–Crippen MR) is 50.9 cm³/mol. The van der Waals surface area contributed by atoms with E-state index in [0.717, 1.165) is 13.0 Å². The van der Waals surface area contributed by atoms with Crippen molar-refractivity contribution >= 4 is 18.5 Å². The van der Waals surface area contributed by atoms with Crippen molar-refractivity contribution in [2.75, 3.05) is 12.3 Å². The van der Waals surface area contributed by atoms with E-state index in [1.165, 1.54) is 0 Å². The molecule has 3 heteroatoms. The summed E-state index contributed by atoms with van der Waals surface area (Å²) >= 11 is 3.86. The predicted octanol–water partition coefficient (Wildman–Crippen LogP) is 1.47. The lowest BCUT2D eigenvalue weighted by molar-refractivity contribution is -0.118. The van der Waals surface area contributed by atoms with Gasteiger partial charge < -0.3 is 5.32 Å². The van der Waals surface area contributed by atoms with Crippen molar-refractivity contribution in [2.24, 2.45) is 5.41 Å². The fourth-order valence-electron chi connectivity index (χ4n) is 0.519. The van der Waals surface area contributed by atoms with E-state index in [1.807, 2.05) is 0 Å². The van der Waals surface area contributed by atoms with Crippen molar-refractivity contribution in [3.63, 3.8) is 0 Å². The summed E-state index contributed by atoms with van der Waals surface area (Å²) in [5.41, 5.74) is 0.207. The Balaban J connectivity index is 3.61. The van der Waals surface area contributed by atoms with Crippen LogP contribution in [-0.2, 0) is 4.79 Å². The molecule has 2 nitrogen and oxygen atoms in total. The summed E-state index contributed by atoms with van der Waals surface area (Å²) in [5.74, 6) is 0.287. The average molecular weight is 175 g/mol. The summed E-state index contributed by atoms with van der Waals surface area (Å²) in [5, 5.41) is 2.81. The summed E-state index contributed by atoms with van der Waals surface area (Å²) in [6, 6.07) is 0. The molecule has 66 valence electrons. The molecule has 0 aliphatic rings. The first-order valence-corrected chi connectivity index (χ1v) is 4.52. The molecule has 1 amide bonds. The molecule has 0 aliphatic carbocycles. The highest BCUT2D eigenvalue weighted by Crippen LogP contribution is 2.17. The highest BCUT2D eigenvalue weighted by Gasteiger charge is 2.15. The van der Waals surface area contributed by atoms with E-state index < -0.39 is 0 Å². The van der Waals surface area contributed by atoms with Crippen LogP contribution in [0.15, 0.2) is 0 Å². The van der Waals surface area contributed by atoms with Gasteiger partial charge in [-0.1, -0.05) is 20.8 Å². The zero-order valence-electron chi connectivity index (χ0n) is 7.48. The van der Waals surface area contributed by atoms with Crippen molar-refractivity contribution in [3.8, 4) is 0 Å². The normalized spacial score (nSPS) is 11.3. The Hall–Kier alpha value is -0.180. The van der Waals surface area contributed by atoms with Crippen LogP contribution in [0.2, 0.25) is 0 Å². The number of nitrogens with one attached hydrogen (secondary N) is 1. The second kappa shape index (κ2) is 4.65. The third-order valence-electron chi connectivity index (χ3n) is 1.86. The quantitative estimate of drug-likeness (QED) is 0.622. The van der Waals surface area contributed by atoms with E-state index in [4.69, 9.17) is 0 Å². The SMILES string of the molecule is CCC(C)(C)CNC(=O)CS. The molecular formula is C8H17NOS. The zero-order chi connectivity index (χ0) is 8.91. The van der Waals surface area contributed by atoms with Gasteiger partial charge in [0.15, 0.2) is 0 Å². The molecule has 0 saturated carbocycles. The van der Waals surface area contributed by atoms with Gasteiger partial charge in [-0.3, -0.25) is 4.79 Å². The van der Waals surface area contributed by atoms with Gasteiger partial charge in [-0.25, -0.2) is 0 Å². The van der Waals surface area contributed by atoms with E-state index in [1.54, 1.807) is 0 Å². The summed E-state index contributed by atoms with van der Waals surface area (Å²) in [4.78, 5) is 10.8. The van der Waals surface area contributed by atoms with Gasteiger partial charge in [0.05, 0.1) is 5.75 Å². The fourth-order valence-corrected chi connectivity index (χ4v) is 0.631. The van der Waals surface area contributed by atoms with Crippen LogP contribution in [0.5, 0.6) is 0 Å². The van der Waals surface area contributed by atoms with E-state index in [-0.39, 0.29) is 17.1 Å². The maximum atomic E-state index is 10.8. The maximum absolute atomic E-state index is 10.8. The number of rotatable bonds is 4. The van der Waals surface area contributed by atoms with Crippen LogP contribution < -0.4 is 5.32 Å². The van der Waals surface area contributed by atoms with Gasteiger partial charge in [-0.15, -0.1) is 0 Å². The van der Waals surface area contributed by atoms with Gasteiger partial charge in [0.25, 0.3) is 0 Å². The zero-order valence-corrected chi connectivity index (χ0v) is 8.37. The van der Waals surface area contributed by atoms with Crippen LogP contribution in [0.3, 0.4) is 0 Å². The molecule has 0 aromatic carbocycles. The molecule has 0 aromatic rings. The smallest absolute Gasteiger partial charge is 0.229 e. The maximum Gasteiger partial charge on any atom is 0.229 e. The Bertz CT molecular complexity index is 134. The number of amides is 1. The van der Waals surface area contributed by atoms with Crippen molar-refractivity contribution in [2.45, 2.75) is 27.2 Å². The van der Waals surface area contributed by atoms with Gasteiger partial charge in [0, 0.05) is 6.54 Å². The lowest BCUT2D eigenvalue weighted by Gasteiger charge is -2.22. The standard InChI is InChI=1S/C8H17NOS/c1-4-8(2,3)6-9-7(10)5-11/h11H,4-6H2,1-3H3,(H,9,10). The van der Waals surface area contributed by atoms with Crippen molar-refractivity contribution < 1.29 is 4.79 Å². The monoisotopic (exact) mass is 175 g/mol. The minimum Gasteiger partial charge on any atom is -0.355 e. The van der Waals surface area contributed by atoms with E-state index in [9.17, 15) is 4.79 Å². The Morgan fingerprint density at radius 2 is 2.09 bits per heavy atom. The first-order valence-electron chi connectivity index (χ1n) is 3.89. The Kier molecular flexibility index (Phi) is 4.57. The van der Waals surface area contributed by atoms with Crippen molar-refractivity contribution in [3.05, 3.63) is 0 Å². The highest BCUT2D eigenvalue weighted by atomic mass is 32.1. The lowest BCUT2D eigenvalue weighted by atomic mass is 9.90. The molecule has 0 heterocycles. The fraction of sp³-hybridized carbons (Fsp3) is 0.875. The molecule has 0 radical (unpaired) electrons. The third kappa shape index (κ3) is 5.13. The Labute approximate surface area is 74.2 Å². The lowest BCUT2D eigenvalue weighted by Crippen LogP contribution is -2.34. The van der Waals surface area contributed by atoms with Crippen LogP contribution in [-0.4, -0.2) is 18.2 Å². The highest BCUT2D eigenvalue weighted by molar-refractivity contribution is 7.81. The Morgan fingerprint density at radius 1 is 1.55 bits per heavy atom. The molecule has 0 unspecified atom stereocenters. The summed E-state index contributed by atoms with van der Waals surface area (Å²) in [6.45, 7) is 7.12. The topological polar surface area (TPSA) is 29.1 Å². The minimum absolute atomic E-state index is 0.00913. The third-order valence-corrected chi connectivity index (χ3v) is 2.15. The van der Waals surface area contributed by atoms with E-state index in [0.29, 0.717) is 0 Å². The number of thiol groups is 1. The van der Waals surface area contributed by atoms with Crippen LogP contribution in [0.1, 0.15) is 27.2 Å². The molecule has 0 aromatic heterocycles. The molecule has 1 N–H and O–H groups in total. The van der Waals surface area contributed by atoms with Crippen molar-refractivity contribution in [1.29, 1.82) is 0 Å². The number of hydrogen-bond donors (Lipinski definition) is 2. The minimum atomic E-state index is 0.00913. The van der Waals surface area contributed by atoms with E-state index in [2.05, 4.69) is 38.7 Å². The summed E-state index contributed by atoms with van der Waals surface area (Å²) in [7, 11) is 0. The number of carbonyl (C=O) groups excluding carboxylic acids is 1. The second-order valence-electron chi connectivity index (χ2n) is 3.45. The van der Waals surface area contributed by atoms with Crippen LogP contribution in [0.4, 0.5) is 0 Å². The van der Waals surface area contributed by atoms with Crippen molar-refractivity contribution in [1.82, 2.24) is 5.32 Å². The van der Waals surface area contributed by atoms with E-state index >= 15 is 0 Å². The van der Waals surface area contributed by atoms with Gasteiger partial charge in [-0.2, -0.15) is 12.6 Å². The molecule has 0 spiro atoms. The summed E-state index contributed by atoms with van der Waals surface area (Å²) in [6.07, 6.45) is 1.07. The molecule has 0 fully saturated rings. The first kappa shape index (κ1) is 10.8. The van der Waals surface area contributed by atoms with Crippen LogP contribution >= 0.6 is 12.6 Å². The molecular weight excluding hydrogens is 158 g/mol. The number of hydrogen-bond acceptors (Lipinski definition) is 2. The van der Waals surface area contributed by atoms with Gasteiger partial charge in [-0.05, 0) is 11.8 Å². The number of carbonyl (C=O) groups is 1. The molecule has 0 aliphatic heterocycles. The molecule has 0 bridgehead atoms. The van der Waals surface area contributed by atoms with Gasteiger partial charge in [0.1, 0.15) is 0 Å². The summed E-state index contributed by atoms with van der Waals surface area (Å²) < 4.78 is 0. The Morgan fingerprint density at radius 3 is 2.45 bits per heavy atom. The molecule has 0 rings (SSSR count). The first-order chi connectivity index (χ1) is 5.02. The molecule has 11 heavy (non-hydrogen) atoms. The average Bonchev–Trinajstić information content (AvgIpc) is 2.00. The largest absolute Gasteiger partial charge is 0.355 e. The molecule has 0 atom stereocenters.